The van der Waals surface area contributed by atoms with E-state index >= 15 is 0 Å². The Morgan fingerprint density at radius 3 is 2.28 bits per heavy atom. The van der Waals surface area contributed by atoms with Gasteiger partial charge in [-0.25, -0.2) is 4.79 Å². The van der Waals surface area contributed by atoms with Gasteiger partial charge in [0.05, 0.1) is 24.5 Å². The average molecular weight is 406 g/mol. The van der Waals surface area contributed by atoms with Crippen LogP contribution in [0.3, 0.4) is 0 Å². The summed E-state index contributed by atoms with van der Waals surface area (Å²) in [5.74, 6) is -5.06. The highest BCUT2D eigenvalue weighted by Crippen LogP contribution is 2.21. The van der Waals surface area contributed by atoms with Crippen LogP contribution in [0.5, 0.6) is 0 Å². The zero-order valence-corrected chi connectivity index (χ0v) is 17.1. The number of ether oxygens (including phenoxy) is 2. The molecule has 0 saturated carbocycles. The third-order valence-corrected chi connectivity index (χ3v) is 4.32. The molecular weight excluding hydrogens is 376 g/mol. The van der Waals surface area contributed by atoms with Gasteiger partial charge in [-0.05, 0) is 25.0 Å². The van der Waals surface area contributed by atoms with Gasteiger partial charge in [0.15, 0.2) is 0 Å². The summed E-state index contributed by atoms with van der Waals surface area (Å²) in [4.78, 5) is 35.2. The van der Waals surface area contributed by atoms with E-state index in [1.165, 1.54) is 6.08 Å². The van der Waals surface area contributed by atoms with Crippen LogP contribution < -0.4 is 0 Å². The van der Waals surface area contributed by atoms with Gasteiger partial charge in [-0.1, -0.05) is 56.0 Å². The van der Waals surface area contributed by atoms with Crippen molar-refractivity contribution in [1.29, 1.82) is 0 Å². The summed E-state index contributed by atoms with van der Waals surface area (Å²) in [5.41, 5.74) is 1.17. The van der Waals surface area contributed by atoms with Crippen molar-refractivity contribution < 1.29 is 34.1 Å². The smallest absolute Gasteiger partial charge is 0.332 e. The predicted octanol–water partition coefficient (Wildman–Crippen LogP) is 3.69. The summed E-state index contributed by atoms with van der Waals surface area (Å²) in [6.07, 6.45) is 5.02. The minimum atomic E-state index is -1.50. The second kappa shape index (κ2) is 13.5. The van der Waals surface area contributed by atoms with Crippen molar-refractivity contribution in [1.82, 2.24) is 0 Å². The molecule has 0 aliphatic heterocycles. The van der Waals surface area contributed by atoms with Gasteiger partial charge >= 0.3 is 17.9 Å². The lowest BCUT2D eigenvalue weighted by atomic mass is 9.93. The van der Waals surface area contributed by atoms with Crippen molar-refractivity contribution in [2.24, 2.45) is 5.92 Å². The summed E-state index contributed by atoms with van der Waals surface area (Å²) in [7, 11) is 0. The van der Waals surface area contributed by atoms with Crippen molar-refractivity contribution in [2.45, 2.75) is 46.0 Å². The van der Waals surface area contributed by atoms with Crippen molar-refractivity contribution in [2.75, 3.05) is 19.8 Å². The molecule has 1 unspecified atom stereocenters. The van der Waals surface area contributed by atoms with Crippen molar-refractivity contribution >= 4 is 24.0 Å². The van der Waals surface area contributed by atoms with Crippen molar-refractivity contribution in [3.63, 3.8) is 0 Å². The molecule has 0 amide bonds. The Kier molecular flexibility index (Phi) is 11.3. The molecule has 0 fully saturated rings. The monoisotopic (exact) mass is 406 g/mol. The van der Waals surface area contributed by atoms with E-state index in [1.807, 2.05) is 6.92 Å². The van der Waals surface area contributed by atoms with E-state index in [2.05, 4.69) is 6.92 Å². The molecular formula is C22H30O7. The number of aryl methyl sites for hydroxylation is 1. The molecule has 7 heteroatoms. The molecule has 29 heavy (non-hydrogen) atoms. The topological polar surface area (TPSA) is 110 Å². The van der Waals surface area contributed by atoms with Crippen LogP contribution in [0.2, 0.25) is 0 Å². The molecule has 0 aliphatic carbocycles. The molecule has 1 rings (SSSR count). The standard InChI is InChI=1S/C22H30O7/c1-3-4-5-6-11-28-12-13-29-20(23)15-19(22(26)27)18(21(24)25)14-17-9-7-16(2)8-10-17/h7-10,14,19H,3-6,11-13,15H2,1-2H3,(H,24,25)(H,26,27). The van der Waals surface area contributed by atoms with Gasteiger partial charge < -0.3 is 19.7 Å². The fourth-order valence-electron chi connectivity index (χ4n) is 2.66. The predicted molar refractivity (Wildman–Crippen MR) is 108 cm³/mol. The molecule has 0 aromatic heterocycles. The summed E-state index contributed by atoms with van der Waals surface area (Å²) in [6.45, 7) is 4.81. The maximum atomic E-state index is 12.0. The lowest BCUT2D eigenvalue weighted by Gasteiger charge is -2.13. The largest absolute Gasteiger partial charge is 0.481 e. The van der Waals surface area contributed by atoms with Crippen LogP contribution in [0.1, 0.15) is 50.2 Å². The van der Waals surface area contributed by atoms with E-state index in [-0.39, 0.29) is 18.8 Å². The zero-order chi connectivity index (χ0) is 21.6. The molecule has 0 saturated heterocycles. The number of carboxylic acids is 2. The van der Waals surface area contributed by atoms with E-state index in [1.54, 1.807) is 24.3 Å². The van der Waals surface area contributed by atoms with Crippen LogP contribution in [0.15, 0.2) is 29.8 Å². The van der Waals surface area contributed by atoms with Crippen molar-refractivity contribution in [3.8, 4) is 0 Å². The second-order valence-electron chi connectivity index (χ2n) is 6.80. The van der Waals surface area contributed by atoms with Crippen LogP contribution in [0, 0.1) is 12.8 Å². The Balaban J connectivity index is 2.61. The number of esters is 1. The van der Waals surface area contributed by atoms with E-state index in [9.17, 15) is 24.6 Å². The molecule has 160 valence electrons. The number of hydrogen-bond acceptors (Lipinski definition) is 5. The van der Waals surface area contributed by atoms with Crippen LogP contribution >= 0.6 is 0 Å². The zero-order valence-electron chi connectivity index (χ0n) is 17.1. The quantitative estimate of drug-likeness (QED) is 0.275. The van der Waals surface area contributed by atoms with E-state index in [0.717, 1.165) is 31.2 Å². The molecule has 0 radical (unpaired) electrons. The first-order valence-electron chi connectivity index (χ1n) is 9.82. The van der Waals surface area contributed by atoms with Gasteiger partial charge in [0, 0.05) is 6.61 Å². The van der Waals surface area contributed by atoms with Gasteiger partial charge in [0.25, 0.3) is 0 Å². The first kappa shape index (κ1) is 24.4. The van der Waals surface area contributed by atoms with Crippen LogP contribution in [0.4, 0.5) is 0 Å². The van der Waals surface area contributed by atoms with E-state index in [0.29, 0.717) is 12.2 Å². The highest BCUT2D eigenvalue weighted by molar-refractivity contribution is 5.99. The van der Waals surface area contributed by atoms with Crippen LogP contribution in [-0.2, 0) is 23.9 Å². The normalized spacial score (nSPS) is 12.4. The average Bonchev–Trinajstić information content (AvgIpc) is 2.67. The first-order chi connectivity index (χ1) is 13.8. The molecule has 1 aromatic rings. The molecule has 7 nitrogen and oxygen atoms in total. The van der Waals surface area contributed by atoms with Crippen LogP contribution in [-0.4, -0.2) is 47.9 Å². The maximum Gasteiger partial charge on any atom is 0.332 e. The number of benzene rings is 1. The minimum absolute atomic E-state index is 0.00301. The summed E-state index contributed by atoms with van der Waals surface area (Å²) < 4.78 is 10.4. The molecule has 0 aliphatic rings. The Morgan fingerprint density at radius 2 is 1.69 bits per heavy atom. The number of rotatable bonds is 14. The third-order valence-electron chi connectivity index (χ3n) is 4.32. The summed E-state index contributed by atoms with van der Waals surface area (Å²) in [6, 6.07) is 6.95. The highest BCUT2D eigenvalue weighted by atomic mass is 16.6. The Hall–Kier alpha value is -2.67. The Morgan fingerprint density at radius 1 is 1.00 bits per heavy atom. The van der Waals surface area contributed by atoms with E-state index < -0.39 is 30.2 Å². The number of aliphatic carboxylic acids is 2. The van der Waals surface area contributed by atoms with Crippen LogP contribution in [0.25, 0.3) is 6.08 Å². The fraction of sp³-hybridized carbons (Fsp3) is 0.500. The molecule has 2 N–H and O–H groups in total. The van der Waals surface area contributed by atoms with Gasteiger partial charge in [0.2, 0.25) is 0 Å². The Bertz CT molecular complexity index is 692. The minimum Gasteiger partial charge on any atom is -0.481 e. The van der Waals surface area contributed by atoms with Gasteiger partial charge in [0.1, 0.15) is 6.61 Å². The molecule has 0 heterocycles. The van der Waals surface area contributed by atoms with Gasteiger partial charge in [-0.3, -0.25) is 9.59 Å². The third kappa shape index (κ3) is 9.89. The first-order valence-corrected chi connectivity index (χ1v) is 9.82. The molecule has 0 spiro atoms. The number of carboxylic acid groups (broad SMARTS) is 2. The van der Waals surface area contributed by atoms with Crippen molar-refractivity contribution in [3.05, 3.63) is 41.0 Å². The lowest BCUT2D eigenvalue weighted by Crippen LogP contribution is -2.25. The maximum absolute atomic E-state index is 12.0. The fourth-order valence-corrected chi connectivity index (χ4v) is 2.66. The molecule has 1 atom stereocenters. The Labute approximate surface area is 171 Å². The number of carbonyl (C=O) groups excluding carboxylic acids is 1. The number of carbonyl (C=O) groups is 3. The summed E-state index contributed by atoms with van der Waals surface area (Å²) >= 11 is 0. The molecule has 1 aromatic carbocycles. The number of unbranched alkanes of at least 4 members (excludes halogenated alkanes) is 3. The lowest BCUT2D eigenvalue weighted by molar-refractivity contribution is -0.152. The number of hydrogen-bond donors (Lipinski definition) is 2. The molecule has 0 bridgehead atoms. The van der Waals surface area contributed by atoms with E-state index in [4.69, 9.17) is 9.47 Å². The summed E-state index contributed by atoms with van der Waals surface area (Å²) in [5, 5.41) is 18.9. The second-order valence-corrected chi connectivity index (χ2v) is 6.80. The van der Waals surface area contributed by atoms with Gasteiger partial charge in [-0.2, -0.15) is 0 Å². The van der Waals surface area contributed by atoms with Gasteiger partial charge in [-0.15, -0.1) is 0 Å². The SMILES string of the molecule is CCCCCCOCCOC(=O)CC(C(=O)O)C(=Cc1ccc(C)cc1)C(=O)O. The highest BCUT2D eigenvalue weighted by Gasteiger charge is 2.30.